The van der Waals surface area contributed by atoms with E-state index in [1.807, 2.05) is 0 Å². The molecule has 5 nitrogen and oxygen atoms in total. The Hall–Kier alpha value is -1.86. The van der Waals surface area contributed by atoms with Crippen molar-refractivity contribution >= 4 is 18.6 Å². The van der Waals surface area contributed by atoms with Gasteiger partial charge in [0.2, 0.25) is 5.82 Å². The van der Waals surface area contributed by atoms with E-state index in [1.54, 1.807) is 12.1 Å². The molecule has 0 bridgehead atoms. The van der Waals surface area contributed by atoms with Crippen LogP contribution in [-0.4, -0.2) is 38.6 Å². The fourth-order valence-electron chi connectivity index (χ4n) is 2.81. The van der Waals surface area contributed by atoms with Crippen LogP contribution in [0.15, 0.2) is 29.2 Å². The number of benzene rings is 2. The second-order valence-corrected chi connectivity index (χ2v) is 11.3. The first-order chi connectivity index (χ1) is 14.0. The van der Waals surface area contributed by atoms with Crippen molar-refractivity contribution in [3.8, 4) is 0 Å². The van der Waals surface area contributed by atoms with Gasteiger partial charge in [-0.15, -0.1) is 0 Å². The molecule has 0 unspecified atom stereocenters. The average Bonchev–Trinajstić information content (AvgIpc) is 2.73. The largest absolute Gasteiger partial charge is 0.500 e. The van der Waals surface area contributed by atoms with Gasteiger partial charge in [-0.3, -0.25) is 0 Å². The van der Waals surface area contributed by atoms with Gasteiger partial charge in [0, 0.05) is 27.4 Å². The topological polar surface area (TPSA) is 61.8 Å². The first-order valence-corrected chi connectivity index (χ1v) is 12.1. The molecule has 2 aromatic carbocycles. The quantitative estimate of drug-likeness (QED) is 0.184. The van der Waals surface area contributed by atoms with Crippen LogP contribution in [0.4, 0.5) is 22.0 Å². The Morgan fingerprint density at radius 2 is 1.13 bits per heavy atom. The summed E-state index contributed by atoms with van der Waals surface area (Å²) in [7, 11) is -3.26. The minimum Gasteiger partial charge on any atom is -0.377 e. The van der Waals surface area contributed by atoms with E-state index >= 15 is 0 Å². The molecule has 0 atom stereocenters. The third-order valence-electron chi connectivity index (χ3n) is 4.51. The molecular formula is C18H19F5O5SSi. The molecule has 0 heterocycles. The van der Waals surface area contributed by atoms with E-state index in [2.05, 4.69) is 0 Å². The zero-order valence-corrected chi connectivity index (χ0v) is 18.1. The first-order valence-electron chi connectivity index (χ1n) is 8.49. The third kappa shape index (κ3) is 4.89. The number of hydrogen-bond donors (Lipinski definition) is 0. The lowest BCUT2D eigenvalue weighted by Gasteiger charge is -2.24. The van der Waals surface area contributed by atoms with Gasteiger partial charge in [0.05, 0.1) is 5.75 Å². The highest BCUT2D eigenvalue weighted by Crippen LogP contribution is 2.29. The molecular weight excluding hydrogens is 451 g/mol. The van der Waals surface area contributed by atoms with Crippen LogP contribution in [-0.2, 0) is 35.3 Å². The van der Waals surface area contributed by atoms with Crippen molar-refractivity contribution in [3.05, 3.63) is 64.5 Å². The van der Waals surface area contributed by atoms with E-state index in [9.17, 15) is 30.4 Å². The maximum absolute atomic E-state index is 13.8. The van der Waals surface area contributed by atoms with Gasteiger partial charge in [-0.05, 0) is 17.5 Å². The Kier molecular flexibility index (Phi) is 7.74. The van der Waals surface area contributed by atoms with Gasteiger partial charge < -0.3 is 13.3 Å². The molecule has 0 aromatic heterocycles. The second kappa shape index (κ2) is 9.52. The van der Waals surface area contributed by atoms with Crippen LogP contribution in [0.1, 0.15) is 11.1 Å². The van der Waals surface area contributed by atoms with E-state index in [0.717, 1.165) is 5.56 Å². The number of halogens is 5. The summed E-state index contributed by atoms with van der Waals surface area (Å²) in [6, 6.07) is 6.36. The van der Waals surface area contributed by atoms with Crippen LogP contribution in [0.2, 0.25) is 6.04 Å². The molecule has 0 fully saturated rings. The van der Waals surface area contributed by atoms with Gasteiger partial charge in [-0.25, -0.2) is 30.4 Å². The summed E-state index contributed by atoms with van der Waals surface area (Å²) in [5.41, 5.74) is 0.881. The maximum Gasteiger partial charge on any atom is 0.500 e. The fourth-order valence-corrected chi connectivity index (χ4v) is 6.01. The summed E-state index contributed by atoms with van der Waals surface area (Å²) >= 11 is 0. The molecule has 0 spiro atoms. The Morgan fingerprint density at radius 3 is 1.57 bits per heavy atom. The van der Waals surface area contributed by atoms with Crippen LogP contribution in [0.25, 0.3) is 0 Å². The lowest BCUT2D eigenvalue weighted by molar-refractivity contribution is 0.123. The van der Waals surface area contributed by atoms with E-state index in [1.165, 1.54) is 33.5 Å². The Balaban J connectivity index is 2.24. The van der Waals surface area contributed by atoms with Crippen molar-refractivity contribution < 1.29 is 43.6 Å². The molecule has 0 aliphatic rings. The van der Waals surface area contributed by atoms with Crippen LogP contribution >= 0.6 is 0 Å². The molecule has 0 saturated heterocycles. The van der Waals surface area contributed by atoms with E-state index in [4.69, 9.17) is 13.3 Å². The Bertz CT molecular complexity index is 973. The minimum absolute atomic E-state index is 0.108. The zero-order valence-electron chi connectivity index (χ0n) is 16.3. The van der Waals surface area contributed by atoms with Crippen molar-refractivity contribution in [3.63, 3.8) is 0 Å². The molecule has 12 heteroatoms. The highest BCUT2D eigenvalue weighted by Gasteiger charge is 2.37. The molecule has 2 rings (SSSR count). The van der Waals surface area contributed by atoms with Gasteiger partial charge in [0.1, 0.15) is 4.90 Å². The SMILES string of the molecule is CO[Si](CCc1ccc(CS(=O)(=O)c2c(F)c(F)c(F)c(F)c2F)cc1)(OC)OC. The summed E-state index contributed by atoms with van der Waals surface area (Å²) in [6.45, 7) is 0. The van der Waals surface area contributed by atoms with Crippen LogP contribution < -0.4 is 0 Å². The molecule has 166 valence electrons. The van der Waals surface area contributed by atoms with Crippen molar-refractivity contribution in [2.24, 2.45) is 0 Å². The van der Waals surface area contributed by atoms with Crippen LogP contribution in [0.3, 0.4) is 0 Å². The van der Waals surface area contributed by atoms with Gasteiger partial charge in [-0.1, -0.05) is 24.3 Å². The van der Waals surface area contributed by atoms with Crippen molar-refractivity contribution in [2.75, 3.05) is 21.3 Å². The molecule has 0 radical (unpaired) electrons. The smallest absolute Gasteiger partial charge is 0.377 e. The Morgan fingerprint density at radius 1 is 0.733 bits per heavy atom. The molecule has 30 heavy (non-hydrogen) atoms. The number of hydrogen-bond acceptors (Lipinski definition) is 5. The normalized spacial score (nSPS) is 12.4. The minimum atomic E-state index is -4.85. The molecule has 0 N–H and O–H groups in total. The summed E-state index contributed by atoms with van der Waals surface area (Å²) < 4.78 is 108. The van der Waals surface area contributed by atoms with Crippen molar-refractivity contribution in [1.29, 1.82) is 0 Å². The number of sulfone groups is 1. The van der Waals surface area contributed by atoms with Gasteiger partial charge >= 0.3 is 8.80 Å². The average molecular weight is 470 g/mol. The zero-order chi connectivity index (χ0) is 22.7. The predicted molar refractivity (Wildman–Crippen MR) is 98.9 cm³/mol. The molecule has 0 saturated carbocycles. The third-order valence-corrected chi connectivity index (χ3v) is 8.94. The highest BCUT2D eigenvalue weighted by atomic mass is 32.2. The molecule has 0 amide bonds. The summed E-state index contributed by atoms with van der Waals surface area (Å²) in [4.78, 5) is -1.85. The summed E-state index contributed by atoms with van der Waals surface area (Å²) in [6.07, 6.45) is 0.479. The lowest BCUT2D eigenvalue weighted by atomic mass is 10.1. The fraction of sp³-hybridized carbons (Fsp3) is 0.333. The van der Waals surface area contributed by atoms with Crippen LogP contribution in [0.5, 0.6) is 0 Å². The lowest BCUT2D eigenvalue weighted by Crippen LogP contribution is -2.43. The summed E-state index contributed by atoms with van der Waals surface area (Å²) in [5.74, 6) is -12.8. The van der Waals surface area contributed by atoms with Gasteiger partial charge in [0.15, 0.2) is 33.1 Å². The van der Waals surface area contributed by atoms with Crippen LogP contribution in [0, 0.1) is 29.1 Å². The molecule has 2 aromatic rings. The molecule has 0 aliphatic carbocycles. The molecule has 0 aliphatic heterocycles. The summed E-state index contributed by atoms with van der Waals surface area (Å²) in [5, 5.41) is 0. The van der Waals surface area contributed by atoms with Gasteiger partial charge in [-0.2, -0.15) is 0 Å². The van der Waals surface area contributed by atoms with Gasteiger partial charge in [0.25, 0.3) is 0 Å². The number of aryl methyl sites for hydroxylation is 1. The Labute approximate surface area is 171 Å². The maximum atomic E-state index is 13.8. The number of rotatable bonds is 9. The monoisotopic (exact) mass is 470 g/mol. The van der Waals surface area contributed by atoms with Crippen molar-refractivity contribution in [2.45, 2.75) is 23.1 Å². The highest BCUT2D eigenvalue weighted by molar-refractivity contribution is 7.90. The standard InChI is InChI=1S/C18H19F5O5SSi/c1-26-30(27-2,28-3)9-8-11-4-6-12(7-5-11)10-29(24,25)18-16(22)14(20)13(19)15(21)17(18)23/h4-7H,8-10H2,1-3H3. The van der Waals surface area contributed by atoms with E-state index in [0.29, 0.717) is 12.5 Å². The first kappa shape index (κ1) is 24.4. The van der Waals surface area contributed by atoms with Crippen molar-refractivity contribution in [1.82, 2.24) is 0 Å². The predicted octanol–water partition coefficient (Wildman–Crippen LogP) is 3.78. The second-order valence-electron chi connectivity index (χ2n) is 6.27. The van der Waals surface area contributed by atoms with E-state index < -0.39 is 58.4 Å². The van der Waals surface area contributed by atoms with E-state index in [-0.39, 0.29) is 5.56 Å².